The summed E-state index contributed by atoms with van der Waals surface area (Å²) in [7, 11) is 1.34. The number of ether oxygens (including phenoxy) is 2. The molecule has 2 atom stereocenters. The molecule has 194 valence electrons. The molecular formula is C31H34O6. The summed E-state index contributed by atoms with van der Waals surface area (Å²) in [6, 6.07) is 23.1. The Labute approximate surface area is 218 Å². The highest BCUT2D eigenvalue weighted by atomic mass is 16.5. The van der Waals surface area contributed by atoms with Gasteiger partial charge in [-0.25, -0.2) is 4.79 Å². The van der Waals surface area contributed by atoms with Crippen LogP contribution in [0.25, 0.3) is 0 Å². The van der Waals surface area contributed by atoms with Crippen LogP contribution in [-0.2, 0) is 33.8 Å². The molecule has 0 saturated heterocycles. The lowest BCUT2D eigenvalue weighted by molar-refractivity contribution is -0.151. The van der Waals surface area contributed by atoms with Crippen molar-refractivity contribution in [3.8, 4) is 5.75 Å². The van der Waals surface area contributed by atoms with E-state index in [1.54, 1.807) is 48.5 Å². The van der Waals surface area contributed by atoms with Crippen molar-refractivity contribution in [1.82, 2.24) is 0 Å². The maximum Gasteiger partial charge on any atom is 0.343 e. The largest absolute Gasteiger partial charge is 0.469 e. The Balaban J connectivity index is 1.80. The van der Waals surface area contributed by atoms with E-state index in [0.717, 1.165) is 11.1 Å². The first kappa shape index (κ1) is 27.8. The van der Waals surface area contributed by atoms with Gasteiger partial charge < -0.3 is 14.6 Å². The molecule has 3 aromatic carbocycles. The zero-order valence-electron chi connectivity index (χ0n) is 21.8. The average molecular weight is 503 g/mol. The summed E-state index contributed by atoms with van der Waals surface area (Å²) in [6.07, 6.45) is 0.740. The Bertz CT molecular complexity index is 1190. The van der Waals surface area contributed by atoms with Gasteiger partial charge in [-0.2, -0.15) is 0 Å². The maximum absolute atomic E-state index is 13.5. The zero-order valence-corrected chi connectivity index (χ0v) is 21.8. The number of ketones is 1. The molecule has 37 heavy (non-hydrogen) atoms. The number of hydrogen-bond acceptors (Lipinski definition) is 6. The van der Waals surface area contributed by atoms with E-state index in [9.17, 15) is 14.4 Å². The molecule has 1 N–H and O–H groups in total. The number of hydrogen-bond donors (Lipinski definition) is 1. The fourth-order valence-electron chi connectivity index (χ4n) is 4.24. The summed E-state index contributed by atoms with van der Waals surface area (Å²) in [5, 5.41) is 9.15. The monoisotopic (exact) mass is 502 g/mol. The van der Waals surface area contributed by atoms with Crippen LogP contribution in [0, 0.1) is 17.3 Å². The number of aliphatic hydroxyl groups is 1. The summed E-state index contributed by atoms with van der Waals surface area (Å²) in [6.45, 7) is 5.49. The van der Waals surface area contributed by atoms with Gasteiger partial charge in [0.1, 0.15) is 11.5 Å². The van der Waals surface area contributed by atoms with Gasteiger partial charge in [0, 0.05) is 11.3 Å². The van der Waals surface area contributed by atoms with E-state index in [2.05, 4.69) is 0 Å². The van der Waals surface area contributed by atoms with Crippen LogP contribution in [0.15, 0.2) is 78.9 Å². The number of aliphatic hydroxyl groups excluding tert-OH is 1. The fraction of sp³-hybridized carbons (Fsp3) is 0.323. The SMILES string of the molecule is COC(=O)[C@H](Cc1ccc(OC(=O)c2ccc(CO)cc2)cc1)C(Cc1ccccc1)C(=O)C(C)(C)C. The van der Waals surface area contributed by atoms with E-state index in [1.807, 2.05) is 51.1 Å². The number of carbonyl (C=O) groups is 3. The van der Waals surface area contributed by atoms with Gasteiger partial charge >= 0.3 is 11.9 Å². The van der Waals surface area contributed by atoms with E-state index >= 15 is 0 Å². The van der Waals surface area contributed by atoms with E-state index in [1.165, 1.54) is 7.11 Å². The summed E-state index contributed by atoms with van der Waals surface area (Å²) >= 11 is 0. The summed E-state index contributed by atoms with van der Waals surface area (Å²) in [5.74, 6) is -1.81. The predicted molar refractivity (Wildman–Crippen MR) is 141 cm³/mol. The van der Waals surface area contributed by atoms with Crippen LogP contribution >= 0.6 is 0 Å². The lowest BCUT2D eigenvalue weighted by Gasteiger charge is -2.30. The highest BCUT2D eigenvalue weighted by Gasteiger charge is 2.39. The molecule has 0 aliphatic heterocycles. The second-order valence-electron chi connectivity index (χ2n) is 10.1. The van der Waals surface area contributed by atoms with Crippen molar-refractivity contribution in [3.63, 3.8) is 0 Å². The minimum absolute atomic E-state index is 0.00419. The number of methoxy groups -OCH3 is 1. The molecule has 0 saturated carbocycles. The van der Waals surface area contributed by atoms with Crippen LogP contribution < -0.4 is 4.74 Å². The van der Waals surface area contributed by atoms with Crippen molar-refractivity contribution in [2.45, 2.75) is 40.2 Å². The van der Waals surface area contributed by atoms with Crippen molar-refractivity contribution in [2.24, 2.45) is 17.3 Å². The molecule has 0 aliphatic rings. The summed E-state index contributed by atoms with van der Waals surface area (Å²) < 4.78 is 10.6. The lowest BCUT2D eigenvalue weighted by atomic mass is 9.72. The van der Waals surface area contributed by atoms with E-state index in [0.29, 0.717) is 29.7 Å². The number of rotatable bonds is 10. The van der Waals surface area contributed by atoms with Crippen LogP contribution in [0.3, 0.4) is 0 Å². The van der Waals surface area contributed by atoms with Crippen molar-refractivity contribution in [3.05, 3.63) is 101 Å². The van der Waals surface area contributed by atoms with Gasteiger partial charge in [-0.1, -0.05) is 75.4 Å². The first-order chi connectivity index (χ1) is 17.6. The van der Waals surface area contributed by atoms with Crippen LogP contribution in [0.1, 0.15) is 47.8 Å². The van der Waals surface area contributed by atoms with Gasteiger partial charge in [0.25, 0.3) is 0 Å². The molecule has 1 unspecified atom stereocenters. The molecule has 0 spiro atoms. The Morgan fingerprint density at radius 3 is 1.84 bits per heavy atom. The quantitative estimate of drug-likeness (QED) is 0.303. The molecule has 0 heterocycles. The molecule has 6 nitrogen and oxygen atoms in total. The average Bonchev–Trinajstić information content (AvgIpc) is 2.90. The maximum atomic E-state index is 13.5. The van der Waals surface area contributed by atoms with E-state index < -0.39 is 29.2 Å². The summed E-state index contributed by atoms with van der Waals surface area (Å²) in [5.41, 5.74) is 2.25. The molecule has 0 aliphatic carbocycles. The Morgan fingerprint density at radius 2 is 1.30 bits per heavy atom. The molecule has 0 radical (unpaired) electrons. The smallest absolute Gasteiger partial charge is 0.343 e. The molecule has 0 bridgehead atoms. The topological polar surface area (TPSA) is 89.9 Å². The normalized spacial score (nSPS) is 12.9. The zero-order chi connectivity index (χ0) is 27.0. The second-order valence-corrected chi connectivity index (χ2v) is 10.1. The molecule has 3 rings (SSSR count). The number of carbonyl (C=O) groups excluding carboxylic acids is 3. The molecular weight excluding hydrogens is 468 g/mol. The summed E-state index contributed by atoms with van der Waals surface area (Å²) in [4.78, 5) is 38.9. The van der Waals surface area contributed by atoms with Crippen LogP contribution in [0.2, 0.25) is 0 Å². The van der Waals surface area contributed by atoms with E-state index in [-0.39, 0.29) is 12.4 Å². The Hall–Kier alpha value is -3.77. The molecule has 3 aromatic rings. The van der Waals surface area contributed by atoms with Gasteiger partial charge in [-0.15, -0.1) is 0 Å². The molecule has 0 fully saturated rings. The molecule has 0 amide bonds. The molecule has 6 heteroatoms. The fourth-order valence-corrected chi connectivity index (χ4v) is 4.24. The molecule has 0 aromatic heterocycles. The predicted octanol–water partition coefficient (Wildman–Crippen LogP) is 5.20. The third kappa shape index (κ3) is 7.61. The number of Topliss-reactive ketones (excluding diaryl/α,β-unsaturated/α-hetero) is 1. The van der Waals surface area contributed by atoms with E-state index in [4.69, 9.17) is 14.6 Å². The van der Waals surface area contributed by atoms with Crippen molar-refractivity contribution in [1.29, 1.82) is 0 Å². The first-order valence-corrected chi connectivity index (χ1v) is 12.3. The van der Waals surface area contributed by atoms with Crippen LogP contribution in [0.4, 0.5) is 0 Å². The van der Waals surface area contributed by atoms with Gasteiger partial charge in [-0.3, -0.25) is 9.59 Å². The second kappa shape index (κ2) is 12.5. The minimum atomic E-state index is -0.671. The highest BCUT2D eigenvalue weighted by molar-refractivity contribution is 5.91. The van der Waals surface area contributed by atoms with Crippen molar-refractivity contribution in [2.75, 3.05) is 7.11 Å². The van der Waals surface area contributed by atoms with Gasteiger partial charge in [0.05, 0.1) is 25.2 Å². The van der Waals surface area contributed by atoms with Crippen LogP contribution in [-0.4, -0.2) is 29.9 Å². The lowest BCUT2D eigenvalue weighted by Crippen LogP contribution is -2.39. The standard InChI is InChI=1S/C31H34O6/c1-31(2,3)28(33)26(18-21-8-6-5-7-9-21)27(30(35)36-4)19-22-12-16-25(17-13-22)37-29(34)24-14-10-23(20-32)11-15-24/h5-17,26-27,32H,18-20H2,1-4H3/t26?,27-/m1/s1. The number of esters is 2. The van der Waals surface area contributed by atoms with Crippen molar-refractivity contribution < 1.29 is 29.0 Å². The van der Waals surface area contributed by atoms with Crippen molar-refractivity contribution >= 4 is 17.7 Å². The van der Waals surface area contributed by atoms with Gasteiger partial charge in [0.15, 0.2) is 0 Å². The first-order valence-electron chi connectivity index (χ1n) is 12.3. The van der Waals surface area contributed by atoms with Gasteiger partial charge in [0.2, 0.25) is 0 Å². The minimum Gasteiger partial charge on any atom is -0.469 e. The van der Waals surface area contributed by atoms with Gasteiger partial charge in [-0.05, 0) is 53.8 Å². The van der Waals surface area contributed by atoms with Crippen LogP contribution in [0.5, 0.6) is 5.75 Å². The Kier molecular flexibility index (Phi) is 9.36. The highest BCUT2D eigenvalue weighted by Crippen LogP contribution is 2.31. The number of benzene rings is 3. The third-order valence-corrected chi connectivity index (χ3v) is 6.33. The third-order valence-electron chi connectivity index (χ3n) is 6.33. The Morgan fingerprint density at radius 1 is 0.757 bits per heavy atom.